The fraction of sp³-hybridized carbons (Fsp3) is 0.455. The lowest BCUT2D eigenvalue weighted by atomic mass is 10.1. The normalized spacial score (nSPS) is 17.5. The minimum atomic E-state index is -0.240. The first-order chi connectivity index (χ1) is 7.24. The van der Waals surface area contributed by atoms with Gasteiger partial charge < -0.3 is 10.5 Å². The molecule has 2 rings (SSSR count). The van der Waals surface area contributed by atoms with Crippen molar-refractivity contribution in [1.82, 2.24) is 4.90 Å². The van der Waals surface area contributed by atoms with E-state index in [9.17, 15) is 4.39 Å². The van der Waals surface area contributed by atoms with Crippen molar-refractivity contribution in [2.24, 2.45) is 5.73 Å². The predicted octanol–water partition coefficient (Wildman–Crippen LogP) is 0.847. The van der Waals surface area contributed by atoms with Crippen LogP contribution >= 0.6 is 0 Å². The van der Waals surface area contributed by atoms with E-state index in [-0.39, 0.29) is 5.82 Å². The Bertz CT molecular complexity index is 309. The van der Waals surface area contributed by atoms with E-state index >= 15 is 0 Å². The highest BCUT2D eigenvalue weighted by Gasteiger charge is 2.21. The van der Waals surface area contributed by atoms with Crippen molar-refractivity contribution in [2.45, 2.75) is 6.04 Å². The van der Waals surface area contributed by atoms with E-state index in [1.165, 1.54) is 12.1 Å². The maximum Gasteiger partial charge on any atom is 0.123 e. The highest BCUT2D eigenvalue weighted by molar-refractivity contribution is 5.21. The van der Waals surface area contributed by atoms with E-state index in [0.717, 1.165) is 19.6 Å². The van der Waals surface area contributed by atoms with Gasteiger partial charge in [0.2, 0.25) is 0 Å². The van der Waals surface area contributed by atoms with Crippen molar-refractivity contribution in [3.05, 3.63) is 30.1 Å². The molecule has 15 heavy (non-hydrogen) atoms. The highest BCUT2D eigenvalue weighted by Crippen LogP contribution is 2.11. The van der Waals surface area contributed by atoms with E-state index in [1.54, 1.807) is 12.1 Å². The molecule has 0 bridgehead atoms. The molecule has 0 saturated carbocycles. The quantitative estimate of drug-likeness (QED) is 0.800. The van der Waals surface area contributed by atoms with E-state index in [2.05, 4.69) is 4.90 Å². The van der Waals surface area contributed by atoms with Crippen LogP contribution in [0.2, 0.25) is 0 Å². The molecule has 1 aliphatic heterocycles. The molecule has 4 heteroatoms. The molecule has 1 aliphatic rings. The third-order valence-corrected chi connectivity index (χ3v) is 2.48. The molecule has 2 N–H and O–H groups in total. The summed E-state index contributed by atoms with van der Waals surface area (Å²) in [7, 11) is 0. The molecule has 0 unspecified atom stereocenters. The second-order valence-corrected chi connectivity index (χ2v) is 3.82. The molecule has 0 aromatic heterocycles. The van der Waals surface area contributed by atoms with Gasteiger partial charge in [0.05, 0.1) is 0 Å². The highest BCUT2D eigenvalue weighted by atomic mass is 19.1. The Morgan fingerprint density at radius 1 is 1.33 bits per heavy atom. The lowest BCUT2D eigenvalue weighted by Crippen LogP contribution is -2.56. The zero-order valence-corrected chi connectivity index (χ0v) is 8.53. The van der Waals surface area contributed by atoms with Crippen LogP contribution in [-0.4, -0.2) is 37.2 Å². The molecule has 0 atom stereocenters. The number of rotatable bonds is 4. The molecule has 3 nitrogen and oxygen atoms in total. The first-order valence-electron chi connectivity index (χ1n) is 5.10. The van der Waals surface area contributed by atoms with Gasteiger partial charge in [-0.2, -0.15) is 0 Å². The summed E-state index contributed by atoms with van der Waals surface area (Å²) >= 11 is 0. The molecule has 1 aromatic rings. The van der Waals surface area contributed by atoms with Crippen molar-refractivity contribution in [3.8, 4) is 5.75 Å². The summed E-state index contributed by atoms with van der Waals surface area (Å²) in [5.74, 6) is 0.470. The first-order valence-corrected chi connectivity index (χ1v) is 5.10. The van der Waals surface area contributed by atoms with E-state index in [0.29, 0.717) is 18.4 Å². The van der Waals surface area contributed by atoms with Gasteiger partial charge in [0, 0.05) is 25.7 Å². The fourth-order valence-electron chi connectivity index (χ4n) is 1.62. The number of hydrogen-bond donors (Lipinski definition) is 1. The van der Waals surface area contributed by atoms with Gasteiger partial charge in [0.25, 0.3) is 0 Å². The average molecular weight is 210 g/mol. The third kappa shape index (κ3) is 2.91. The molecular weight excluding hydrogens is 195 g/mol. The molecular formula is C11H15FN2O. The van der Waals surface area contributed by atoms with Crippen molar-refractivity contribution in [3.63, 3.8) is 0 Å². The van der Waals surface area contributed by atoms with Crippen LogP contribution in [-0.2, 0) is 0 Å². The van der Waals surface area contributed by atoms with Crippen molar-refractivity contribution >= 4 is 0 Å². The smallest absolute Gasteiger partial charge is 0.123 e. The van der Waals surface area contributed by atoms with Crippen LogP contribution in [0.25, 0.3) is 0 Å². The van der Waals surface area contributed by atoms with Crippen molar-refractivity contribution in [2.75, 3.05) is 26.2 Å². The number of halogens is 1. The standard InChI is InChI=1S/C11H15FN2O/c12-9-1-3-11(4-2-9)15-6-5-14-7-10(13)8-14/h1-4,10H,5-8,13H2. The number of benzene rings is 1. The van der Waals surface area contributed by atoms with Crippen LogP contribution in [0.4, 0.5) is 4.39 Å². The van der Waals surface area contributed by atoms with Crippen molar-refractivity contribution < 1.29 is 9.13 Å². The molecule has 1 heterocycles. The summed E-state index contributed by atoms with van der Waals surface area (Å²) in [6.45, 7) is 3.41. The summed E-state index contributed by atoms with van der Waals surface area (Å²) in [6, 6.07) is 6.40. The van der Waals surface area contributed by atoms with Crippen LogP contribution in [0, 0.1) is 5.82 Å². The van der Waals surface area contributed by atoms with Gasteiger partial charge in [0.1, 0.15) is 18.2 Å². The second kappa shape index (κ2) is 4.59. The minimum absolute atomic E-state index is 0.240. The number of nitrogens with zero attached hydrogens (tertiary/aromatic N) is 1. The maximum atomic E-state index is 12.6. The van der Waals surface area contributed by atoms with Gasteiger partial charge in [-0.05, 0) is 24.3 Å². The third-order valence-electron chi connectivity index (χ3n) is 2.48. The number of ether oxygens (including phenoxy) is 1. The predicted molar refractivity (Wildman–Crippen MR) is 56.3 cm³/mol. The Hall–Kier alpha value is -1.13. The summed E-state index contributed by atoms with van der Waals surface area (Å²) in [5.41, 5.74) is 5.64. The van der Waals surface area contributed by atoms with Crippen LogP contribution in [0.3, 0.4) is 0 Å². The lowest BCUT2D eigenvalue weighted by molar-refractivity contribution is 0.124. The molecule has 0 radical (unpaired) electrons. The van der Waals surface area contributed by atoms with Crippen LogP contribution < -0.4 is 10.5 Å². The zero-order valence-electron chi connectivity index (χ0n) is 8.53. The Labute approximate surface area is 88.6 Å². The molecule has 0 amide bonds. The maximum absolute atomic E-state index is 12.6. The van der Waals surface area contributed by atoms with Crippen LogP contribution in [0.5, 0.6) is 5.75 Å². The Morgan fingerprint density at radius 3 is 2.60 bits per heavy atom. The SMILES string of the molecule is NC1CN(CCOc2ccc(F)cc2)C1. The summed E-state index contributed by atoms with van der Waals surface area (Å²) in [4.78, 5) is 2.23. The Kier molecular flexibility index (Phi) is 3.18. The Morgan fingerprint density at radius 2 is 2.00 bits per heavy atom. The average Bonchev–Trinajstić information content (AvgIpc) is 2.18. The largest absolute Gasteiger partial charge is 0.492 e. The van der Waals surface area contributed by atoms with E-state index in [1.807, 2.05) is 0 Å². The number of hydrogen-bond acceptors (Lipinski definition) is 3. The molecule has 0 aliphatic carbocycles. The summed E-state index contributed by atoms with van der Waals surface area (Å²) in [6.07, 6.45) is 0. The van der Waals surface area contributed by atoms with Gasteiger partial charge in [-0.15, -0.1) is 0 Å². The zero-order chi connectivity index (χ0) is 10.7. The monoisotopic (exact) mass is 210 g/mol. The van der Waals surface area contributed by atoms with E-state index in [4.69, 9.17) is 10.5 Å². The van der Waals surface area contributed by atoms with Gasteiger partial charge in [-0.3, -0.25) is 4.90 Å². The number of nitrogens with two attached hydrogens (primary N) is 1. The molecule has 0 spiro atoms. The number of likely N-dealkylation sites (tertiary alicyclic amines) is 1. The first kappa shape index (κ1) is 10.4. The topological polar surface area (TPSA) is 38.5 Å². The fourth-order valence-corrected chi connectivity index (χ4v) is 1.62. The molecule has 1 saturated heterocycles. The van der Waals surface area contributed by atoms with Crippen LogP contribution in [0.1, 0.15) is 0 Å². The van der Waals surface area contributed by atoms with Gasteiger partial charge in [-0.25, -0.2) is 4.39 Å². The van der Waals surface area contributed by atoms with Crippen molar-refractivity contribution in [1.29, 1.82) is 0 Å². The second-order valence-electron chi connectivity index (χ2n) is 3.82. The van der Waals surface area contributed by atoms with Gasteiger partial charge in [0.15, 0.2) is 0 Å². The molecule has 1 fully saturated rings. The van der Waals surface area contributed by atoms with E-state index < -0.39 is 0 Å². The summed E-state index contributed by atoms with van der Waals surface area (Å²) < 4.78 is 18.0. The molecule has 82 valence electrons. The Balaban J connectivity index is 1.67. The van der Waals surface area contributed by atoms with Crippen LogP contribution in [0.15, 0.2) is 24.3 Å². The summed E-state index contributed by atoms with van der Waals surface area (Å²) in [5, 5.41) is 0. The van der Waals surface area contributed by atoms with Gasteiger partial charge >= 0.3 is 0 Å². The van der Waals surface area contributed by atoms with Gasteiger partial charge in [-0.1, -0.05) is 0 Å². The minimum Gasteiger partial charge on any atom is -0.492 e. The molecule has 1 aromatic carbocycles. The lowest BCUT2D eigenvalue weighted by Gasteiger charge is -2.36.